The van der Waals surface area contributed by atoms with E-state index in [0.717, 1.165) is 6.20 Å². The number of carboxylic acids is 2. The maximum atomic E-state index is 10.7. The van der Waals surface area contributed by atoms with Crippen LogP contribution in [0.3, 0.4) is 0 Å². The molecule has 8 heteroatoms. The molecule has 0 aliphatic rings. The van der Waals surface area contributed by atoms with Gasteiger partial charge in [-0.1, -0.05) is 23.2 Å². The predicted octanol–water partition coefficient (Wildman–Crippen LogP) is 1.14. The van der Waals surface area contributed by atoms with Crippen LogP contribution in [0.5, 0.6) is 0 Å². The van der Waals surface area contributed by atoms with Gasteiger partial charge in [-0.05, 0) is 0 Å². The summed E-state index contributed by atoms with van der Waals surface area (Å²) in [5.74, 6) is -2.96. The van der Waals surface area contributed by atoms with Crippen LogP contribution in [0.15, 0.2) is 6.20 Å². The van der Waals surface area contributed by atoms with Gasteiger partial charge in [-0.15, -0.1) is 0 Å². The normalized spacial score (nSPS) is 9.20. The van der Waals surface area contributed by atoms with E-state index >= 15 is 0 Å². The SMILES string of the molecule is O=C(O)c1ncc(Cl)c(Cl)c1C(=O)O.[KH]. The number of carboxylic acid groups (broad SMARTS) is 2. The molecule has 0 atom stereocenters. The molecule has 0 fully saturated rings. The minimum absolute atomic E-state index is 0. The molecule has 5 nitrogen and oxygen atoms in total. The number of pyridine rings is 1. The molecule has 0 unspecified atom stereocenters. The van der Waals surface area contributed by atoms with Crippen LogP contribution < -0.4 is 0 Å². The molecule has 0 aliphatic carbocycles. The van der Waals surface area contributed by atoms with E-state index in [1.807, 2.05) is 0 Å². The van der Waals surface area contributed by atoms with Crippen molar-refractivity contribution in [3.8, 4) is 0 Å². The molecule has 0 radical (unpaired) electrons. The summed E-state index contributed by atoms with van der Waals surface area (Å²) < 4.78 is 0. The van der Waals surface area contributed by atoms with Crippen LogP contribution in [0.4, 0.5) is 0 Å². The molecule has 1 aromatic heterocycles. The molecule has 76 valence electrons. The van der Waals surface area contributed by atoms with E-state index in [1.165, 1.54) is 0 Å². The molecule has 0 saturated carbocycles. The van der Waals surface area contributed by atoms with Gasteiger partial charge in [-0.3, -0.25) is 0 Å². The zero-order valence-electron chi connectivity index (χ0n) is 6.49. The molecule has 1 heterocycles. The summed E-state index contributed by atoms with van der Waals surface area (Å²) in [5.41, 5.74) is -1.24. The fourth-order valence-electron chi connectivity index (χ4n) is 0.823. The molecule has 0 saturated heterocycles. The summed E-state index contributed by atoms with van der Waals surface area (Å²) in [5, 5.41) is 16.8. The van der Waals surface area contributed by atoms with Gasteiger partial charge in [0.05, 0.1) is 10.0 Å². The summed E-state index contributed by atoms with van der Waals surface area (Å²) in [6.07, 6.45) is 0.986. The van der Waals surface area contributed by atoms with Crippen LogP contribution >= 0.6 is 23.2 Å². The van der Waals surface area contributed by atoms with E-state index in [1.54, 1.807) is 0 Å². The van der Waals surface area contributed by atoms with Crippen molar-refractivity contribution in [3.05, 3.63) is 27.5 Å². The molecule has 0 spiro atoms. The Kier molecular flexibility index (Phi) is 6.27. The van der Waals surface area contributed by atoms with Crippen LogP contribution in [0.1, 0.15) is 20.8 Å². The number of hydrogen-bond donors (Lipinski definition) is 2. The van der Waals surface area contributed by atoms with Crippen LogP contribution in [-0.4, -0.2) is 78.5 Å². The quantitative estimate of drug-likeness (QED) is 0.791. The second kappa shape index (κ2) is 6.14. The topological polar surface area (TPSA) is 87.5 Å². The zero-order valence-corrected chi connectivity index (χ0v) is 8.00. The number of aromatic carboxylic acids is 2. The van der Waals surface area contributed by atoms with Crippen molar-refractivity contribution in [3.63, 3.8) is 0 Å². The third-order valence-electron chi connectivity index (χ3n) is 1.39. The Balaban J connectivity index is 0.00000196. The number of hydrogen-bond acceptors (Lipinski definition) is 3. The fraction of sp³-hybridized carbons (Fsp3) is 0. The van der Waals surface area contributed by atoms with Crippen LogP contribution in [0.25, 0.3) is 0 Å². The van der Waals surface area contributed by atoms with Gasteiger partial charge in [0.15, 0.2) is 5.69 Å². The molecule has 0 bridgehead atoms. The molecule has 15 heavy (non-hydrogen) atoms. The summed E-state index contributed by atoms with van der Waals surface area (Å²) in [6, 6.07) is 0. The monoisotopic (exact) mass is 275 g/mol. The maximum absolute atomic E-state index is 10.7. The molecule has 2 N–H and O–H groups in total. The van der Waals surface area contributed by atoms with Crippen LogP contribution in [0.2, 0.25) is 10.0 Å². The van der Waals surface area contributed by atoms with Gasteiger partial charge in [0.2, 0.25) is 0 Å². The standard InChI is InChI=1S/C7H3Cl2NO4.K.H/c8-2-1-10-5(7(13)14)3(4(2)9)6(11)12;;/h1H,(H,11,12)(H,13,14);;. The Morgan fingerprint density at radius 2 is 1.73 bits per heavy atom. The van der Waals surface area contributed by atoms with Crippen molar-refractivity contribution in [1.82, 2.24) is 4.98 Å². The molecular weight excluding hydrogens is 272 g/mol. The zero-order chi connectivity index (χ0) is 10.9. The first-order valence-electron chi connectivity index (χ1n) is 3.25. The average molecular weight is 276 g/mol. The number of aromatic nitrogens is 1. The molecule has 0 aliphatic heterocycles. The van der Waals surface area contributed by atoms with Gasteiger partial charge >= 0.3 is 63.3 Å². The van der Waals surface area contributed by atoms with Gasteiger partial charge in [-0.25, -0.2) is 14.6 Å². The van der Waals surface area contributed by atoms with Crippen LogP contribution in [-0.2, 0) is 0 Å². The van der Waals surface area contributed by atoms with Gasteiger partial charge < -0.3 is 10.2 Å². The Hall–Kier alpha value is 0.306. The van der Waals surface area contributed by atoms with E-state index in [-0.39, 0.29) is 61.4 Å². The Bertz CT molecular complexity index is 424. The van der Waals surface area contributed by atoms with Gasteiger partial charge in [0.25, 0.3) is 0 Å². The van der Waals surface area contributed by atoms with E-state index in [0.29, 0.717) is 0 Å². The van der Waals surface area contributed by atoms with E-state index in [4.69, 9.17) is 33.4 Å². The summed E-state index contributed by atoms with van der Waals surface area (Å²) >= 11 is 11.0. The molecule has 0 aromatic carbocycles. The van der Waals surface area contributed by atoms with E-state index < -0.39 is 23.2 Å². The number of rotatable bonds is 2. The van der Waals surface area contributed by atoms with Crippen molar-refractivity contribution >= 4 is 86.5 Å². The van der Waals surface area contributed by atoms with E-state index in [9.17, 15) is 9.59 Å². The summed E-state index contributed by atoms with van der Waals surface area (Å²) in [6.45, 7) is 0. The molecule has 0 amide bonds. The second-order valence-corrected chi connectivity index (χ2v) is 3.04. The van der Waals surface area contributed by atoms with E-state index in [2.05, 4.69) is 4.98 Å². The van der Waals surface area contributed by atoms with Crippen molar-refractivity contribution in [2.75, 3.05) is 0 Å². The Labute approximate surface area is 137 Å². The van der Waals surface area contributed by atoms with Crippen molar-refractivity contribution in [2.45, 2.75) is 0 Å². The first-order chi connectivity index (χ1) is 6.45. The Morgan fingerprint density at radius 3 is 2.13 bits per heavy atom. The summed E-state index contributed by atoms with van der Waals surface area (Å²) in [7, 11) is 0. The van der Waals surface area contributed by atoms with Crippen molar-refractivity contribution < 1.29 is 19.8 Å². The second-order valence-electron chi connectivity index (χ2n) is 2.25. The molecule has 1 aromatic rings. The minimum atomic E-state index is -1.48. The number of nitrogens with zero attached hydrogens (tertiary/aromatic N) is 1. The van der Waals surface area contributed by atoms with Crippen LogP contribution in [0, 0.1) is 0 Å². The van der Waals surface area contributed by atoms with Gasteiger partial charge in [-0.2, -0.15) is 0 Å². The third kappa shape index (κ3) is 3.38. The molecular formula is C7H4Cl2KNO4. The van der Waals surface area contributed by atoms with Gasteiger partial charge in [0, 0.05) is 6.20 Å². The third-order valence-corrected chi connectivity index (χ3v) is 2.17. The fourth-order valence-corrected chi connectivity index (χ4v) is 1.19. The molecule has 1 rings (SSSR count). The Morgan fingerprint density at radius 1 is 1.20 bits per heavy atom. The summed E-state index contributed by atoms with van der Waals surface area (Å²) in [4.78, 5) is 24.6. The van der Waals surface area contributed by atoms with Crippen molar-refractivity contribution in [1.29, 1.82) is 0 Å². The first-order valence-corrected chi connectivity index (χ1v) is 4.01. The number of carbonyl (C=O) groups is 2. The first kappa shape index (κ1) is 15.3. The van der Waals surface area contributed by atoms with Gasteiger partial charge in [0.1, 0.15) is 5.56 Å². The number of halogens is 2. The van der Waals surface area contributed by atoms with Crippen molar-refractivity contribution in [2.24, 2.45) is 0 Å². The predicted molar refractivity (Wildman–Crippen MR) is 55.3 cm³/mol. The average Bonchev–Trinajstić information content (AvgIpc) is 2.08.